The van der Waals surface area contributed by atoms with Crippen LogP contribution in [-0.2, 0) is 9.48 Å². The Morgan fingerprint density at radius 1 is 1.27 bits per heavy atom. The molecule has 33 heavy (non-hydrogen) atoms. The van der Waals surface area contributed by atoms with Crippen LogP contribution in [-0.4, -0.2) is 55.9 Å². The van der Waals surface area contributed by atoms with Gasteiger partial charge in [-0.15, -0.1) is 11.8 Å². The van der Waals surface area contributed by atoms with Crippen molar-refractivity contribution in [3.05, 3.63) is 53.1 Å². The molecule has 2 heterocycles. The number of methoxy groups -OCH3 is 1. The number of aliphatic hydroxyl groups is 1. The zero-order valence-corrected chi connectivity index (χ0v) is 20.1. The van der Waals surface area contributed by atoms with Gasteiger partial charge in [-0.2, -0.15) is 0 Å². The maximum Gasteiger partial charge on any atom is 0.324 e. The van der Waals surface area contributed by atoms with Crippen LogP contribution in [0.5, 0.6) is 5.75 Å². The second-order valence-electron chi connectivity index (χ2n) is 7.94. The minimum atomic E-state index is -0.539. The zero-order valence-electron chi connectivity index (χ0n) is 18.5. The predicted molar refractivity (Wildman–Crippen MR) is 131 cm³/mol. The maximum absolute atomic E-state index is 12.8. The molecule has 1 fully saturated rings. The van der Waals surface area contributed by atoms with E-state index in [2.05, 4.69) is 29.1 Å². The molecule has 0 saturated carbocycles. The molecule has 0 spiro atoms. The Balaban J connectivity index is 1.63. The fourth-order valence-corrected chi connectivity index (χ4v) is 5.28. The lowest BCUT2D eigenvalue weighted by molar-refractivity contribution is 0.199. The van der Waals surface area contributed by atoms with Crippen molar-refractivity contribution in [3.8, 4) is 5.75 Å². The number of urea groups is 1. The van der Waals surface area contributed by atoms with Crippen LogP contribution >= 0.6 is 23.4 Å². The number of fused-ring (bicyclic) bond motifs is 1. The monoisotopic (exact) mass is 488 g/mol. The third-order valence-corrected chi connectivity index (χ3v) is 6.91. The number of hydrogen-bond acceptors (Lipinski definition) is 7. The van der Waals surface area contributed by atoms with Crippen molar-refractivity contribution in [1.29, 1.82) is 0 Å². The number of carbonyl (C=O) groups is 1. The molecule has 2 aromatic rings. The lowest BCUT2D eigenvalue weighted by Gasteiger charge is -2.28. The first-order chi connectivity index (χ1) is 15.9. The molecule has 2 aromatic carbocycles. The number of carbonyl (C=O) groups excluding carboxylic acids is 1. The number of aliphatic imine (C=N–C) groups is 2. The van der Waals surface area contributed by atoms with Crippen molar-refractivity contribution in [2.45, 2.75) is 35.7 Å². The van der Waals surface area contributed by atoms with Crippen molar-refractivity contribution in [2.75, 3.05) is 25.2 Å². The highest BCUT2D eigenvalue weighted by Gasteiger charge is 2.45. The lowest BCUT2D eigenvalue weighted by Crippen LogP contribution is -2.43. The minimum absolute atomic E-state index is 0.0551. The van der Waals surface area contributed by atoms with Gasteiger partial charge >= 0.3 is 6.03 Å². The average molecular weight is 489 g/mol. The van der Waals surface area contributed by atoms with Gasteiger partial charge in [0.2, 0.25) is 5.90 Å². The molecule has 0 aliphatic carbocycles. The van der Waals surface area contributed by atoms with Crippen LogP contribution in [0.2, 0.25) is 5.02 Å². The minimum Gasteiger partial charge on any atom is -0.491 e. The van der Waals surface area contributed by atoms with Crippen LogP contribution in [0.3, 0.4) is 0 Å². The fourth-order valence-electron chi connectivity index (χ4n) is 3.89. The second-order valence-corrected chi connectivity index (χ2v) is 10.0. The summed E-state index contributed by atoms with van der Waals surface area (Å²) < 4.78 is 10.7. The molecular weight excluding hydrogens is 464 g/mol. The second kappa shape index (κ2) is 9.62. The number of anilines is 1. The number of para-hydroxylation sites is 1. The van der Waals surface area contributed by atoms with E-state index in [0.29, 0.717) is 16.6 Å². The van der Waals surface area contributed by atoms with Gasteiger partial charge in [0, 0.05) is 15.2 Å². The number of aliphatic hydroxyl groups excluding tert-OH is 1. The number of amides is 2. The van der Waals surface area contributed by atoms with Crippen LogP contribution in [0.1, 0.15) is 19.4 Å². The molecule has 2 aliphatic heterocycles. The number of thioether (sulfide) groups is 1. The number of nitrogens with one attached hydrogen (secondary N) is 1. The molecule has 4 rings (SSSR count). The molecule has 10 heteroatoms. The van der Waals surface area contributed by atoms with E-state index in [4.69, 9.17) is 26.2 Å². The van der Waals surface area contributed by atoms with E-state index in [1.165, 1.54) is 18.3 Å². The van der Waals surface area contributed by atoms with Crippen LogP contribution < -0.4 is 15.0 Å². The van der Waals surface area contributed by atoms with Crippen LogP contribution in [0.15, 0.2) is 57.3 Å². The highest BCUT2D eigenvalue weighted by Crippen LogP contribution is 2.46. The van der Waals surface area contributed by atoms with E-state index in [1.54, 1.807) is 17.8 Å². The summed E-state index contributed by atoms with van der Waals surface area (Å²) in [6.07, 6.45) is 0.856. The van der Waals surface area contributed by atoms with E-state index in [-0.39, 0.29) is 24.0 Å². The van der Waals surface area contributed by atoms with Gasteiger partial charge in [0.25, 0.3) is 0 Å². The highest BCUT2D eigenvalue weighted by molar-refractivity contribution is 8.00. The Labute approximate surface area is 201 Å². The summed E-state index contributed by atoms with van der Waals surface area (Å²) in [7, 11) is 1.51. The highest BCUT2D eigenvalue weighted by atomic mass is 35.5. The van der Waals surface area contributed by atoms with Crippen LogP contribution in [0.4, 0.5) is 10.5 Å². The molecule has 2 unspecified atom stereocenters. The summed E-state index contributed by atoms with van der Waals surface area (Å²) >= 11 is 8.14. The number of hydrogen-bond donors (Lipinski definition) is 2. The van der Waals surface area contributed by atoms with Crippen molar-refractivity contribution in [1.82, 2.24) is 5.32 Å². The lowest BCUT2D eigenvalue weighted by atomic mass is 10.0. The maximum atomic E-state index is 12.8. The van der Waals surface area contributed by atoms with Gasteiger partial charge in [-0.05, 0) is 38.1 Å². The van der Waals surface area contributed by atoms with E-state index in [0.717, 1.165) is 16.2 Å². The van der Waals surface area contributed by atoms with E-state index in [1.807, 2.05) is 36.4 Å². The standard InChI is InChI=1S/C23H25ClN4O4S/c1-23(2,15-6-4-5-7-18(15)32-11-10-29)33-14-8-9-16(24)17(12-14)28-20-19(27-22(28)30)21(31-3)26-13-25-20/h4-9,12-13,19-20,29H,10-11H2,1-3H3,(H,27,30). The summed E-state index contributed by atoms with van der Waals surface area (Å²) in [5.41, 5.74) is 1.55. The fraction of sp³-hybridized carbons (Fsp3) is 0.348. The Kier molecular flexibility index (Phi) is 6.83. The average Bonchev–Trinajstić information content (AvgIpc) is 3.14. The summed E-state index contributed by atoms with van der Waals surface area (Å²) in [5, 5.41) is 12.5. The molecule has 174 valence electrons. The van der Waals surface area contributed by atoms with Gasteiger partial charge in [-0.3, -0.25) is 4.90 Å². The van der Waals surface area contributed by atoms with Crippen molar-refractivity contribution in [3.63, 3.8) is 0 Å². The van der Waals surface area contributed by atoms with Gasteiger partial charge in [0.05, 0.1) is 24.4 Å². The zero-order chi connectivity index (χ0) is 23.6. The number of halogens is 1. The smallest absolute Gasteiger partial charge is 0.324 e. The molecule has 2 atom stereocenters. The first-order valence-electron chi connectivity index (χ1n) is 10.4. The predicted octanol–water partition coefficient (Wildman–Crippen LogP) is 4.05. The van der Waals surface area contributed by atoms with Gasteiger partial charge in [0.15, 0.2) is 6.17 Å². The number of rotatable bonds is 7. The first kappa shape index (κ1) is 23.4. The van der Waals surface area contributed by atoms with Crippen LogP contribution in [0.25, 0.3) is 0 Å². The third kappa shape index (κ3) is 4.66. The van der Waals surface area contributed by atoms with Crippen molar-refractivity contribution < 1.29 is 19.4 Å². The molecule has 2 N–H and O–H groups in total. The van der Waals surface area contributed by atoms with Crippen molar-refractivity contribution >= 4 is 47.3 Å². The van der Waals surface area contributed by atoms with Crippen molar-refractivity contribution in [2.24, 2.45) is 9.98 Å². The van der Waals surface area contributed by atoms with Gasteiger partial charge in [0.1, 0.15) is 24.7 Å². The Morgan fingerprint density at radius 3 is 2.82 bits per heavy atom. The van der Waals surface area contributed by atoms with Gasteiger partial charge in [-0.1, -0.05) is 29.8 Å². The van der Waals surface area contributed by atoms with Gasteiger partial charge < -0.3 is 19.9 Å². The number of benzene rings is 2. The molecule has 0 radical (unpaired) electrons. The summed E-state index contributed by atoms with van der Waals surface area (Å²) in [5.74, 6) is 1.12. The molecule has 1 saturated heterocycles. The molecule has 8 nitrogen and oxygen atoms in total. The van der Waals surface area contributed by atoms with E-state index >= 15 is 0 Å². The number of ether oxygens (including phenoxy) is 2. The third-order valence-electron chi connectivity index (χ3n) is 5.37. The topological polar surface area (TPSA) is 95.8 Å². The molecule has 2 amide bonds. The molecular formula is C23H25ClN4O4S. The van der Waals surface area contributed by atoms with E-state index in [9.17, 15) is 4.79 Å². The Morgan fingerprint density at radius 2 is 2.06 bits per heavy atom. The summed E-state index contributed by atoms with van der Waals surface area (Å²) in [4.78, 5) is 23.8. The summed E-state index contributed by atoms with van der Waals surface area (Å²) in [6, 6.07) is 12.6. The Bertz CT molecular complexity index is 1110. The quantitative estimate of drug-likeness (QED) is 0.573. The van der Waals surface area contributed by atoms with Gasteiger partial charge in [-0.25, -0.2) is 14.8 Å². The van der Waals surface area contributed by atoms with Crippen LogP contribution in [0, 0.1) is 0 Å². The SMILES string of the molecule is COC1=NC=NC2C1NC(=O)N2c1cc(SC(C)(C)c2ccccc2OCCO)ccc1Cl. The molecule has 2 aliphatic rings. The first-order valence-corrected chi connectivity index (χ1v) is 11.6. The molecule has 0 aromatic heterocycles. The number of nitrogens with zero attached hydrogens (tertiary/aromatic N) is 3. The largest absolute Gasteiger partial charge is 0.491 e. The van der Waals surface area contributed by atoms with E-state index < -0.39 is 12.2 Å². The summed E-state index contributed by atoms with van der Waals surface area (Å²) in [6.45, 7) is 4.36. The normalized spacial score (nSPS) is 19.7. The Hall–Kier alpha value is -2.75. The molecule has 0 bridgehead atoms.